The van der Waals surface area contributed by atoms with Gasteiger partial charge in [0.1, 0.15) is 0 Å². The molecule has 2 heterocycles. The monoisotopic (exact) mass is 358 g/mol. The number of nitrogens with one attached hydrogen (secondary N) is 1. The first kappa shape index (κ1) is 16.9. The summed E-state index contributed by atoms with van der Waals surface area (Å²) in [5, 5.41) is 4.44. The van der Waals surface area contributed by atoms with E-state index in [9.17, 15) is 0 Å². The van der Waals surface area contributed by atoms with Crippen LogP contribution in [0.25, 0.3) is 22.2 Å². The average Bonchev–Trinajstić information content (AvgIpc) is 3.00. The summed E-state index contributed by atoms with van der Waals surface area (Å²) in [5.74, 6) is 0.524. The molecule has 2 aromatic heterocycles. The largest absolute Gasteiger partial charge is 0.397 e. The number of hydrogen-bond donors (Lipinski definition) is 3. The Morgan fingerprint density at radius 2 is 1.81 bits per heavy atom. The summed E-state index contributed by atoms with van der Waals surface area (Å²) in [6, 6.07) is 12.0. The Hall–Kier alpha value is -3.54. The van der Waals surface area contributed by atoms with Crippen molar-refractivity contribution in [1.82, 2.24) is 14.5 Å². The summed E-state index contributed by atoms with van der Waals surface area (Å²) in [6.07, 6.45) is 3.94. The maximum atomic E-state index is 6.04. The fraction of sp³-hybridized carbons (Fsp3) is 0.143. The minimum Gasteiger partial charge on any atom is -0.397 e. The summed E-state index contributed by atoms with van der Waals surface area (Å²) in [5.41, 5.74) is 19.0. The fourth-order valence-corrected chi connectivity index (χ4v) is 3.31. The van der Waals surface area contributed by atoms with Gasteiger partial charge < -0.3 is 21.4 Å². The highest BCUT2D eigenvalue weighted by molar-refractivity contribution is 5.95. The van der Waals surface area contributed by atoms with E-state index in [-0.39, 0.29) is 0 Å². The number of aryl methyl sites for hydroxylation is 2. The van der Waals surface area contributed by atoms with Crippen LogP contribution in [-0.2, 0) is 7.05 Å². The van der Waals surface area contributed by atoms with Gasteiger partial charge in [0.05, 0.1) is 17.1 Å². The molecule has 27 heavy (non-hydrogen) atoms. The van der Waals surface area contributed by atoms with Gasteiger partial charge >= 0.3 is 0 Å². The normalized spacial score (nSPS) is 11.1. The van der Waals surface area contributed by atoms with Crippen molar-refractivity contribution in [1.29, 1.82) is 0 Å². The van der Waals surface area contributed by atoms with Crippen molar-refractivity contribution in [2.75, 3.05) is 16.8 Å². The lowest BCUT2D eigenvalue weighted by Gasteiger charge is -2.13. The lowest BCUT2D eigenvalue weighted by molar-refractivity contribution is 0.969. The zero-order valence-corrected chi connectivity index (χ0v) is 15.6. The minimum absolute atomic E-state index is 0.524. The molecule has 0 radical (unpaired) electrons. The van der Waals surface area contributed by atoms with Crippen LogP contribution in [0.2, 0.25) is 0 Å². The lowest BCUT2D eigenvalue weighted by atomic mass is 10.1. The summed E-state index contributed by atoms with van der Waals surface area (Å²) in [6.45, 7) is 3.95. The standard InChI is InChI=1S/C21H22N6/c1-12-10-24-21(25-17-9-8-16(22)19(23)13(17)2)26-20(12)15-11-27(3)18-7-5-4-6-14(15)18/h4-11H,22-23H2,1-3H3,(H,24,25,26). The summed E-state index contributed by atoms with van der Waals surface area (Å²) >= 11 is 0. The Morgan fingerprint density at radius 3 is 2.63 bits per heavy atom. The van der Waals surface area contributed by atoms with Gasteiger partial charge in [-0.3, -0.25) is 0 Å². The highest BCUT2D eigenvalue weighted by Crippen LogP contribution is 2.32. The minimum atomic E-state index is 0.524. The van der Waals surface area contributed by atoms with E-state index < -0.39 is 0 Å². The summed E-state index contributed by atoms with van der Waals surface area (Å²) in [7, 11) is 2.04. The number of aromatic nitrogens is 3. The van der Waals surface area contributed by atoms with E-state index in [4.69, 9.17) is 16.5 Å². The van der Waals surface area contributed by atoms with Gasteiger partial charge in [-0.05, 0) is 43.2 Å². The lowest BCUT2D eigenvalue weighted by Crippen LogP contribution is -2.04. The average molecular weight is 358 g/mol. The predicted octanol–water partition coefficient (Wildman–Crippen LogP) is 4.16. The first-order valence-electron chi connectivity index (χ1n) is 8.75. The Morgan fingerprint density at radius 1 is 1.04 bits per heavy atom. The smallest absolute Gasteiger partial charge is 0.227 e. The van der Waals surface area contributed by atoms with Crippen molar-refractivity contribution in [2.45, 2.75) is 13.8 Å². The van der Waals surface area contributed by atoms with E-state index in [1.165, 1.54) is 10.9 Å². The molecule has 6 heteroatoms. The number of nitrogens with two attached hydrogens (primary N) is 2. The summed E-state index contributed by atoms with van der Waals surface area (Å²) in [4.78, 5) is 9.23. The van der Waals surface area contributed by atoms with Crippen LogP contribution in [-0.4, -0.2) is 14.5 Å². The topological polar surface area (TPSA) is 94.8 Å². The Labute approximate surface area is 157 Å². The molecule has 0 atom stereocenters. The second-order valence-corrected chi connectivity index (χ2v) is 6.76. The van der Waals surface area contributed by atoms with Crippen LogP contribution < -0.4 is 16.8 Å². The van der Waals surface area contributed by atoms with Gasteiger partial charge in [-0.1, -0.05) is 18.2 Å². The van der Waals surface area contributed by atoms with Crippen molar-refractivity contribution in [3.05, 3.63) is 59.9 Å². The molecule has 4 aromatic rings. The van der Waals surface area contributed by atoms with Crippen molar-refractivity contribution in [3.8, 4) is 11.3 Å². The number of nitrogen functional groups attached to an aromatic ring is 2. The molecule has 0 aliphatic heterocycles. The third-order valence-corrected chi connectivity index (χ3v) is 4.92. The predicted molar refractivity (Wildman–Crippen MR) is 112 cm³/mol. The first-order chi connectivity index (χ1) is 13.0. The molecule has 0 bridgehead atoms. The van der Waals surface area contributed by atoms with Gasteiger partial charge in [-0.2, -0.15) is 0 Å². The molecule has 0 aliphatic rings. The van der Waals surface area contributed by atoms with Crippen molar-refractivity contribution < 1.29 is 0 Å². The maximum absolute atomic E-state index is 6.04. The van der Waals surface area contributed by atoms with E-state index in [1.807, 2.05) is 45.3 Å². The van der Waals surface area contributed by atoms with Crippen molar-refractivity contribution in [3.63, 3.8) is 0 Å². The summed E-state index contributed by atoms with van der Waals surface area (Å²) < 4.78 is 2.12. The second kappa shape index (κ2) is 6.32. The number of benzene rings is 2. The fourth-order valence-electron chi connectivity index (χ4n) is 3.31. The van der Waals surface area contributed by atoms with E-state index in [2.05, 4.69) is 33.2 Å². The van der Waals surface area contributed by atoms with Crippen LogP contribution in [0.15, 0.2) is 48.8 Å². The number of anilines is 4. The molecule has 0 spiro atoms. The van der Waals surface area contributed by atoms with Crippen LogP contribution in [0, 0.1) is 13.8 Å². The quantitative estimate of drug-likeness (QED) is 0.478. The molecule has 0 saturated carbocycles. The van der Waals surface area contributed by atoms with Crippen LogP contribution in [0.3, 0.4) is 0 Å². The van der Waals surface area contributed by atoms with Crippen LogP contribution in [0.1, 0.15) is 11.1 Å². The van der Waals surface area contributed by atoms with E-state index in [0.29, 0.717) is 17.3 Å². The molecular formula is C21H22N6. The SMILES string of the molecule is Cc1cnc(Nc2ccc(N)c(N)c2C)nc1-c1cn(C)c2ccccc12. The van der Waals surface area contributed by atoms with E-state index in [1.54, 1.807) is 6.07 Å². The zero-order chi connectivity index (χ0) is 19.1. The Kier molecular flexibility index (Phi) is 3.96. The Balaban J connectivity index is 1.79. The van der Waals surface area contributed by atoms with Crippen LogP contribution >= 0.6 is 0 Å². The molecule has 0 aliphatic carbocycles. The number of rotatable bonds is 3. The van der Waals surface area contributed by atoms with Gasteiger partial charge in [0, 0.05) is 41.6 Å². The van der Waals surface area contributed by atoms with E-state index in [0.717, 1.165) is 28.1 Å². The van der Waals surface area contributed by atoms with Crippen molar-refractivity contribution >= 4 is 33.9 Å². The van der Waals surface area contributed by atoms with Gasteiger partial charge in [0.2, 0.25) is 5.95 Å². The third kappa shape index (κ3) is 2.85. The molecule has 136 valence electrons. The third-order valence-electron chi connectivity index (χ3n) is 4.92. The van der Waals surface area contributed by atoms with Crippen molar-refractivity contribution in [2.24, 2.45) is 7.05 Å². The number of fused-ring (bicyclic) bond motifs is 1. The zero-order valence-electron chi connectivity index (χ0n) is 15.6. The highest BCUT2D eigenvalue weighted by atomic mass is 15.1. The number of para-hydroxylation sites is 1. The van der Waals surface area contributed by atoms with E-state index >= 15 is 0 Å². The van der Waals surface area contributed by atoms with Crippen LogP contribution in [0.4, 0.5) is 23.0 Å². The molecule has 5 N–H and O–H groups in total. The molecule has 0 amide bonds. The van der Waals surface area contributed by atoms with Gasteiger partial charge in [-0.15, -0.1) is 0 Å². The second-order valence-electron chi connectivity index (χ2n) is 6.76. The number of nitrogens with zero attached hydrogens (tertiary/aromatic N) is 3. The first-order valence-corrected chi connectivity index (χ1v) is 8.75. The van der Waals surface area contributed by atoms with Crippen LogP contribution in [0.5, 0.6) is 0 Å². The van der Waals surface area contributed by atoms with Gasteiger partial charge in [0.25, 0.3) is 0 Å². The number of hydrogen-bond acceptors (Lipinski definition) is 5. The Bertz CT molecular complexity index is 1160. The molecule has 2 aromatic carbocycles. The maximum Gasteiger partial charge on any atom is 0.227 e. The molecule has 6 nitrogen and oxygen atoms in total. The highest BCUT2D eigenvalue weighted by Gasteiger charge is 2.14. The van der Waals surface area contributed by atoms with Gasteiger partial charge in [0.15, 0.2) is 0 Å². The molecule has 0 saturated heterocycles. The molecule has 0 unspecified atom stereocenters. The molecular weight excluding hydrogens is 336 g/mol. The molecule has 4 rings (SSSR count). The van der Waals surface area contributed by atoms with Gasteiger partial charge in [-0.25, -0.2) is 9.97 Å². The molecule has 0 fully saturated rings.